The Labute approximate surface area is 150 Å². The number of fused-ring (bicyclic) bond motifs is 1. The van der Waals surface area contributed by atoms with E-state index in [1.807, 2.05) is 41.1 Å². The van der Waals surface area contributed by atoms with Crippen LogP contribution in [-0.4, -0.2) is 27.1 Å². The molecule has 0 spiro atoms. The van der Waals surface area contributed by atoms with Crippen LogP contribution in [-0.2, 0) is 19.7 Å². The fraction of sp³-hybridized carbons (Fsp3) is 0.200. The SMILES string of the molecule is O=C(c1cccc(F)c1)N1CCn2nc(OCc3ccccc3)cc2C1. The fourth-order valence-electron chi connectivity index (χ4n) is 3.02. The minimum atomic E-state index is -0.408. The molecule has 0 saturated carbocycles. The van der Waals surface area contributed by atoms with Crippen LogP contribution in [0.25, 0.3) is 0 Å². The van der Waals surface area contributed by atoms with Gasteiger partial charge in [0.15, 0.2) is 0 Å². The predicted molar refractivity (Wildman–Crippen MR) is 94.1 cm³/mol. The highest BCUT2D eigenvalue weighted by atomic mass is 19.1. The van der Waals surface area contributed by atoms with Gasteiger partial charge in [-0.2, -0.15) is 0 Å². The molecule has 1 aliphatic rings. The van der Waals surface area contributed by atoms with Crippen molar-refractivity contribution in [2.24, 2.45) is 0 Å². The zero-order valence-electron chi connectivity index (χ0n) is 14.1. The largest absolute Gasteiger partial charge is 0.472 e. The number of amides is 1. The molecule has 132 valence electrons. The fourth-order valence-corrected chi connectivity index (χ4v) is 3.02. The number of hydrogen-bond donors (Lipinski definition) is 0. The van der Waals surface area contributed by atoms with Crippen LogP contribution < -0.4 is 4.74 Å². The van der Waals surface area contributed by atoms with Crippen molar-refractivity contribution >= 4 is 5.91 Å². The van der Waals surface area contributed by atoms with Crippen molar-refractivity contribution in [2.75, 3.05) is 6.54 Å². The van der Waals surface area contributed by atoms with E-state index >= 15 is 0 Å². The molecular formula is C20H18FN3O2. The van der Waals surface area contributed by atoms with Crippen LogP contribution in [0.5, 0.6) is 5.88 Å². The second kappa shape index (κ2) is 7.00. The molecule has 6 heteroatoms. The Morgan fingerprint density at radius 2 is 1.92 bits per heavy atom. The van der Waals surface area contributed by atoms with E-state index < -0.39 is 5.82 Å². The molecular weight excluding hydrogens is 333 g/mol. The van der Waals surface area contributed by atoms with Crippen molar-refractivity contribution < 1.29 is 13.9 Å². The highest BCUT2D eigenvalue weighted by molar-refractivity contribution is 5.94. The van der Waals surface area contributed by atoms with Crippen LogP contribution >= 0.6 is 0 Å². The Balaban J connectivity index is 1.44. The van der Waals surface area contributed by atoms with Gasteiger partial charge < -0.3 is 9.64 Å². The summed E-state index contributed by atoms with van der Waals surface area (Å²) in [4.78, 5) is 14.3. The van der Waals surface area contributed by atoms with E-state index in [0.717, 1.165) is 11.3 Å². The van der Waals surface area contributed by atoms with Gasteiger partial charge in [0.2, 0.25) is 5.88 Å². The second-order valence-electron chi connectivity index (χ2n) is 6.21. The molecule has 0 atom stereocenters. The third-order valence-corrected chi connectivity index (χ3v) is 4.36. The molecule has 0 saturated heterocycles. The van der Waals surface area contributed by atoms with Gasteiger partial charge in [0.05, 0.1) is 18.8 Å². The molecule has 0 fully saturated rings. The maximum absolute atomic E-state index is 13.4. The van der Waals surface area contributed by atoms with Gasteiger partial charge in [-0.1, -0.05) is 36.4 Å². The lowest BCUT2D eigenvalue weighted by molar-refractivity contribution is 0.0705. The van der Waals surface area contributed by atoms with Crippen molar-refractivity contribution in [1.82, 2.24) is 14.7 Å². The van der Waals surface area contributed by atoms with E-state index in [4.69, 9.17) is 4.74 Å². The highest BCUT2D eigenvalue weighted by Gasteiger charge is 2.23. The summed E-state index contributed by atoms with van der Waals surface area (Å²) in [7, 11) is 0. The summed E-state index contributed by atoms with van der Waals surface area (Å²) in [5.74, 6) is -0.0397. The van der Waals surface area contributed by atoms with Crippen molar-refractivity contribution in [3.63, 3.8) is 0 Å². The summed E-state index contributed by atoms with van der Waals surface area (Å²) in [6.45, 7) is 1.99. The Morgan fingerprint density at radius 3 is 2.73 bits per heavy atom. The van der Waals surface area contributed by atoms with Gasteiger partial charge in [0.25, 0.3) is 5.91 Å². The average Bonchev–Trinajstić information content (AvgIpc) is 3.08. The molecule has 0 bridgehead atoms. The van der Waals surface area contributed by atoms with Gasteiger partial charge in [0, 0.05) is 18.2 Å². The van der Waals surface area contributed by atoms with Crippen LogP contribution in [0.15, 0.2) is 60.7 Å². The van der Waals surface area contributed by atoms with Crippen LogP contribution in [0.2, 0.25) is 0 Å². The number of nitrogens with zero attached hydrogens (tertiary/aromatic N) is 3. The second-order valence-corrected chi connectivity index (χ2v) is 6.21. The zero-order valence-corrected chi connectivity index (χ0v) is 14.1. The summed E-state index contributed by atoms with van der Waals surface area (Å²) in [6, 6.07) is 17.5. The van der Waals surface area contributed by atoms with Gasteiger partial charge >= 0.3 is 0 Å². The molecule has 0 unspecified atom stereocenters. The molecule has 2 heterocycles. The lowest BCUT2D eigenvalue weighted by atomic mass is 10.1. The van der Waals surface area contributed by atoms with Crippen LogP contribution in [0.1, 0.15) is 21.6 Å². The summed E-state index contributed by atoms with van der Waals surface area (Å²) in [6.07, 6.45) is 0. The number of carbonyl (C=O) groups excluding carboxylic acids is 1. The minimum absolute atomic E-state index is 0.177. The first-order chi connectivity index (χ1) is 12.7. The Hall–Kier alpha value is -3.15. The average molecular weight is 351 g/mol. The number of ether oxygens (including phenoxy) is 1. The number of benzene rings is 2. The smallest absolute Gasteiger partial charge is 0.254 e. The molecule has 1 amide bonds. The maximum atomic E-state index is 13.4. The van der Waals surface area contributed by atoms with E-state index in [-0.39, 0.29) is 5.91 Å². The van der Waals surface area contributed by atoms with E-state index in [1.54, 1.807) is 17.0 Å². The molecule has 0 aliphatic carbocycles. The Kier molecular flexibility index (Phi) is 4.39. The summed E-state index contributed by atoms with van der Waals surface area (Å²) in [5.41, 5.74) is 2.34. The van der Waals surface area contributed by atoms with Gasteiger partial charge in [-0.05, 0) is 23.8 Å². The quantitative estimate of drug-likeness (QED) is 0.725. The minimum Gasteiger partial charge on any atom is -0.472 e. The molecule has 1 aromatic heterocycles. The molecule has 0 radical (unpaired) electrons. The van der Waals surface area contributed by atoms with Crippen LogP contribution in [0, 0.1) is 5.82 Å². The van der Waals surface area contributed by atoms with Gasteiger partial charge in [-0.25, -0.2) is 4.39 Å². The predicted octanol–water partition coefficient (Wildman–Crippen LogP) is 3.26. The number of carbonyl (C=O) groups is 1. The summed E-state index contributed by atoms with van der Waals surface area (Å²) < 4.78 is 21.0. The first-order valence-corrected chi connectivity index (χ1v) is 8.47. The summed E-state index contributed by atoms with van der Waals surface area (Å²) >= 11 is 0. The molecule has 1 aliphatic heterocycles. The molecule has 26 heavy (non-hydrogen) atoms. The standard InChI is InChI=1S/C20H18FN3O2/c21-17-8-4-7-16(11-17)20(25)23-9-10-24-18(13-23)12-19(22-24)26-14-15-5-2-1-3-6-15/h1-8,11-12H,9-10,13-14H2. The molecule has 2 aromatic carbocycles. The number of hydrogen-bond acceptors (Lipinski definition) is 3. The number of halogens is 1. The van der Waals surface area contributed by atoms with E-state index in [2.05, 4.69) is 5.10 Å². The normalized spacial score (nSPS) is 13.3. The van der Waals surface area contributed by atoms with Crippen molar-refractivity contribution in [2.45, 2.75) is 19.7 Å². The Morgan fingerprint density at radius 1 is 1.08 bits per heavy atom. The summed E-state index contributed by atoms with van der Waals surface area (Å²) in [5, 5.41) is 4.44. The monoisotopic (exact) mass is 351 g/mol. The van der Waals surface area contributed by atoms with Crippen molar-refractivity contribution in [3.8, 4) is 5.88 Å². The molecule has 0 N–H and O–H groups in total. The third-order valence-electron chi connectivity index (χ3n) is 4.36. The topological polar surface area (TPSA) is 47.4 Å². The zero-order chi connectivity index (χ0) is 17.9. The number of aromatic nitrogens is 2. The van der Waals surface area contributed by atoms with Gasteiger partial charge in [-0.15, -0.1) is 5.10 Å². The number of rotatable bonds is 4. The lowest BCUT2D eigenvalue weighted by Gasteiger charge is -2.27. The first kappa shape index (κ1) is 16.3. The van der Waals surface area contributed by atoms with Crippen LogP contribution in [0.3, 0.4) is 0 Å². The lowest BCUT2D eigenvalue weighted by Crippen LogP contribution is -2.38. The van der Waals surface area contributed by atoms with E-state index in [9.17, 15) is 9.18 Å². The van der Waals surface area contributed by atoms with Gasteiger partial charge in [0.1, 0.15) is 12.4 Å². The van der Waals surface area contributed by atoms with E-state index in [0.29, 0.717) is 37.7 Å². The maximum Gasteiger partial charge on any atom is 0.254 e. The van der Waals surface area contributed by atoms with Crippen LogP contribution in [0.4, 0.5) is 4.39 Å². The highest BCUT2D eigenvalue weighted by Crippen LogP contribution is 2.20. The van der Waals surface area contributed by atoms with Gasteiger partial charge in [-0.3, -0.25) is 9.48 Å². The molecule has 5 nitrogen and oxygen atoms in total. The van der Waals surface area contributed by atoms with E-state index in [1.165, 1.54) is 12.1 Å². The van der Waals surface area contributed by atoms with Crippen molar-refractivity contribution in [1.29, 1.82) is 0 Å². The molecule has 3 aromatic rings. The van der Waals surface area contributed by atoms with Crippen molar-refractivity contribution in [3.05, 3.63) is 83.3 Å². The first-order valence-electron chi connectivity index (χ1n) is 8.47. The third kappa shape index (κ3) is 3.44. The molecule has 4 rings (SSSR count). The Bertz CT molecular complexity index is 924.